The third-order valence-electron chi connectivity index (χ3n) is 5.75. The summed E-state index contributed by atoms with van der Waals surface area (Å²) in [6, 6.07) is 0. The van der Waals surface area contributed by atoms with Gasteiger partial charge >= 0.3 is 0 Å². The first-order valence-electron chi connectivity index (χ1n) is 9.66. The van der Waals surface area contributed by atoms with Gasteiger partial charge in [0.25, 0.3) is 5.91 Å². The molecule has 27 heavy (non-hydrogen) atoms. The number of hydrogen-bond donors (Lipinski definition) is 0. The van der Waals surface area contributed by atoms with Crippen LogP contribution >= 0.6 is 0 Å². The molecule has 0 radical (unpaired) electrons. The molecule has 7 nitrogen and oxygen atoms in total. The number of ether oxygens (including phenoxy) is 1. The van der Waals surface area contributed by atoms with Crippen molar-refractivity contribution >= 4 is 5.91 Å². The number of carbonyl (C=O) groups excluding carboxylic acids is 1. The maximum absolute atomic E-state index is 13.6. The Morgan fingerprint density at radius 2 is 2.00 bits per heavy atom. The Hall–Kier alpha value is -2.15. The fourth-order valence-corrected chi connectivity index (χ4v) is 4.58. The molecule has 2 atom stereocenters. The molecular weight excluding hydrogens is 342 g/mol. The summed E-state index contributed by atoms with van der Waals surface area (Å²) < 4.78 is 9.58. The lowest BCUT2D eigenvalue weighted by Gasteiger charge is -2.30. The van der Waals surface area contributed by atoms with E-state index in [2.05, 4.69) is 31.0 Å². The average Bonchev–Trinajstić information content (AvgIpc) is 3.02. The number of aryl methyl sites for hydroxylation is 2. The summed E-state index contributed by atoms with van der Waals surface area (Å²) in [6.45, 7) is 9.79. The average molecular weight is 371 g/mol. The number of amides is 1. The number of carbonyl (C=O) groups is 1. The van der Waals surface area contributed by atoms with Gasteiger partial charge in [0.05, 0.1) is 24.1 Å². The van der Waals surface area contributed by atoms with Crippen molar-refractivity contribution in [2.45, 2.75) is 59.3 Å². The van der Waals surface area contributed by atoms with E-state index in [4.69, 9.17) is 4.74 Å². The fraction of sp³-hybridized carbons (Fsp3) is 0.650. The number of nitrogens with zero attached hydrogens (tertiary/aromatic N) is 5. The molecule has 0 aliphatic carbocycles. The van der Waals surface area contributed by atoms with Crippen molar-refractivity contribution in [3.63, 3.8) is 0 Å². The van der Waals surface area contributed by atoms with Gasteiger partial charge in [-0.15, -0.1) is 0 Å². The van der Waals surface area contributed by atoms with Crippen molar-refractivity contribution in [2.24, 2.45) is 19.5 Å². The summed E-state index contributed by atoms with van der Waals surface area (Å²) in [6.07, 6.45) is 3.54. The van der Waals surface area contributed by atoms with Crippen LogP contribution in [0.25, 0.3) is 0 Å². The van der Waals surface area contributed by atoms with E-state index in [9.17, 15) is 4.79 Å². The molecular formula is C20H29N5O2. The molecule has 1 amide bonds. The summed E-state index contributed by atoms with van der Waals surface area (Å²) >= 11 is 0. The second-order valence-corrected chi connectivity index (χ2v) is 8.87. The first-order chi connectivity index (χ1) is 12.7. The van der Waals surface area contributed by atoms with Crippen molar-refractivity contribution in [3.8, 4) is 0 Å². The van der Waals surface area contributed by atoms with Gasteiger partial charge in [-0.1, -0.05) is 13.8 Å². The van der Waals surface area contributed by atoms with Crippen LogP contribution in [0.5, 0.6) is 0 Å². The van der Waals surface area contributed by atoms with Gasteiger partial charge in [0, 0.05) is 50.4 Å². The summed E-state index contributed by atoms with van der Waals surface area (Å²) in [7, 11) is 3.84. The lowest BCUT2D eigenvalue weighted by Crippen LogP contribution is -2.39. The SMILES string of the molecule is C[C@@H]1Cc2c(nn(C)c2C(=O)N2Cc3cnn(C)c3CC(C)(C)C2)[C@H](C)O1. The first-order valence-corrected chi connectivity index (χ1v) is 9.66. The Kier molecular flexibility index (Phi) is 4.18. The summed E-state index contributed by atoms with van der Waals surface area (Å²) in [5.41, 5.74) is 4.99. The van der Waals surface area contributed by atoms with E-state index in [1.54, 1.807) is 4.68 Å². The molecule has 0 bridgehead atoms. The molecule has 7 heteroatoms. The van der Waals surface area contributed by atoms with Crippen LogP contribution in [-0.4, -0.2) is 43.0 Å². The first kappa shape index (κ1) is 18.2. The standard InChI is InChI=1S/C20H29N5O2/c1-12-7-15-17(13(2)27-12)22-24(6)18(15)19(26)25-10-14-9-21-23(5)16(14)8-20(3,4)11-25/h9,12-13H,7-8,10-11H2,1-6H3/t12-,13+/m1/s1. The van der Waals surface area contributed by atoms with E-state index >= 15 is 0 Å². The lowest BCUT2D eigenvalue weighted by molar-refractivity contribution is -0.00716. The van der Waals surface area contributed by atoms with Gasteiger partial charge in [-0.25, -0.2) is 0 Å². The molecule has 0 N–H and O–H groups in total. The minimum absolute atomic E-state index is 0.0168. The molecule has 2 aromatic rings. The van der Waals surface area contributed by atoms with E-state index in [1.807, 2.05) is 36.8 Å². The van der Waals surface area contributed by atoms with Crippen LogP contribution in [0.3, 0.4) is 0 Å². The Bertz CT molecular complexity index is 895. The highest BCUT2D eigenvalue weighted by Crippen LogP contribution is 2.34. The molecule has 2 aromatic heterocycles. The van der Waals surface area contributed by atoms with Crippen LogP contribution in [0.15, 0.2) is 6.20 Å². The predicted octanol–water partition coefficient (Wildman–Crippen LogP) is 2.40. The van der Waals surface area contributed by atoms with Crippen molar-refractivity contribution in [1.82, 2.24) is 24.5 Å². The molecule has 0 aromatic carbocycles. The maximum Gasteiger partial charge on any atom is 0.272 e. The second kappa shape index (κ2) is 6.19. The zero-order chi connectivity index (χ0) is 19.5. The molecule has 146 valence electrons. The summed E-state index contributed by atoms with van der Waals surface area (Å²) in [5, 5.41) is 9.03. The molecule has 2 aliphatic heterocycles. The number of fused-ring (bicyclic) bond motifs is 2. The predicted molar refractivity (Wildman–Crippen MR) is 101 cm³/mol. The van der Waals surface area contributed by atoms with Gasteiger partial charge in [0.2, 0.25) is 0 Å². The van der Waals surface area contributed by atoms with Crippen LogP contribution < -0.4 is 0 Å². The van der Waals surface area contributed by atoms with Gasteiger partial charge < -0.3 is 9.64 Å². The van der Waals surface area contributed by atoms with E-state index in [0.29, 0.717) is 18.8 Å². The molecule has 0 saturated heterocycles. The normalized spacial score (nSPS) is 24.3. The molecule has 0 unspecified atom stereocenters. The Labute approximate surface area is 160 Å². The second-order valence-electron chi connectivity index (χ2n) is 8.87. The van der Waals surface area contributed by atoms with E-state index in [-0.39, 0.29) is 23.5 Å². The smallest absolute Gasteiger partial charge is 0.272 e. The van der Waals surface area contributed by atoms with Gasteiger partial charge in [0.1, 0.15) is 5.69 Å². The van der Waals surface area contributed by atoms with Crippen LogP contribution in [0, 0.1) is 5.41 Å². The minimum atomic E-state index is -0.0815. The zero-order valence-electron chi connectivity index (χ0n) is 17.1. The quantitative estimate of drug-likeness (QED) is 0.772. The zero-order valence-corrected chi connectivity index (χ0v) is 17.1. The third-order valence-corrected chi connectivity index (χ3v) is 5.75. The van der Waals surface area contributed by atoms with Gasteiger partial charge in [-0.2, -0.15) is 10.2 Å². The molecule has 0 saturated carbocycles. The largest absolute Gasteiger partial charge is 0.369 e. The Morgan fingerprint density at radius 1 is 1.26 bits per heavy atom. The van der Waals surface area contributed by atoms with E-state index in [0.717, 1.165) is 29.7 Å². The topological polar surface area (TPSA) is 65.2 Å². The van der Waals surface area contributed by atoms with Crippen LogP contribution in [0.2, 0.25) is 0 Å². The van der Waals surface area contributed by atoms with Crippen LogP contribution in [0.1, 0.15) is 66.8 Å². The van der Waals surface area contributed by atoms with Crippen molar-refractivity contribution in [1.29, 1.82) is 0 Å². The highest BCUT2D eigenvalue weighted by molar-refractivity contribution is 5.94. The van der Waals surface area contributed by atoms with E-state index < -0.39 is 0 Å². The molecule has 4 rings (SSSR count). The Balaban J connectivity index is 1.73. The number of aromatic nitrogens is 4. The van der Waals surface area contributed by atoms with Crippen molar-refractivity contribution in [2.75, 3.05) is 6.54 Å². The van der Waals surface area contributed by atoms with Gasteiger partial charge in [-0.05, 0) is 25.7 Å². The maximum atomic E-state index is 13.6. The molecule has 0 spiro atoms. The number of rotatable bonds is 1. The summed E-state index contributed by atoms with van der Waals surface area (Å²) in [5.74, 6) is 0.0531. The van der Waals surface area contributed by atoms with Gasteiger partial charge in [0.15, 0.2) is 0 Å². The van der Waals surface area contributed by atoms with Crippen LogP contribution in [-0.2, 0) is 38.2 Å². The van der Waals surface area contributed by atoms with Crippen molar-refractivity contribution < 1.29 is 9.53 Å². The van der Waals surface area contributed by atoms with Crippen molar-refractivity contribution in [3.05, 3.63) is 34.4 Å². The number of hydrogen-bond acceptors (Lipinski definition) is 4. The van der Waals surface area contributed by atoms with E-state index in [1.165, 1.54) is 5.69 Å². The summed E-state index contributed by atoms with van der Waals surface area (Å²) in [4.78, 5) is 15.6. The molecule has 2 aliphatic rings. The monoisotopic (exact) mass is 371 g/mol. The highest BCUT2D eigenvalue weighted by atomic mass is 16.5. The molecule has 4 heterocycles. The molecule has 0 fully saturated rings. The highest BCUT2D eigenvalue weighted by Gasteiger charge is 2.37. The van der Waals surface area contributed by atoms with Crippen LogP contribution in [0.4, 0.5) is 0 Å². The third kappa shape index (κ3) is 3.08. The minimum Gasteiger partial charge on any atom is -0.369 e. The van der Waals surface area contributed by atoms with Gasteiger partial charge in [-0.3, -0.25) is 14.2 Å². The lowest BCUT2D eigenvalue weighted by atomic mass is 9.87. The Morgan fingerprint density at radius 3 is 2.74 bits per heavy atom. The fourth-order valence-electron chi connectivity index (χ4n) is 4.58.